The first-order valence-corrected chi connectivity index (χ1v) is 6.54. The van der Waals surface area contributed by atoms with Crippen molar-refractivity contribution >= 4 is 32.6 Å². The Kier molecular flexibility index (Phi) is 4.34. The lowest BCUT2D eigenvalue weighted by atomic mass is 10.4. The molecule has 0 aliphatic rings. The van der Waals surface area contributed by atoms with E-state index in [9.17, 15) is 9.00 Å². The summed E-state index contributed by atoms with van der Waals surface area (Å²) in [7, 11) is -0.867. The van der Waals surface area contributed by atoms with Crippen molar-refractivity contribution < 1.29 is 9.00 Å². The van der Waals surface area contributed by atoms with Crippen LogP contribution in [0.5, 0.6) is 0 Å². The molecule has 0 aromatic carbocycles. The van der Waals surface area contributed by atoms with E-state index in [-0.39, 0.29) is 5.91 Å². The number of H-pyrrole nitrogens is 1. The van der Waals surface area contributed by atoms with Crippen LogP contribution >= 0.6 is 15.9 Å². The summed E-state index contributed by atoms with van der Waals surface area (Å²) >= 11 is 3.23. The van der Waals surface area contributed by atoms with Gasteiger partial charge in [-0.05, 0) is 22.0 Å². The van der Waals surface area contributed by atoms with Crippen LogP contribution in [-0.4, -0.2) is 33.7 Å². The van der Waals surface area contributed by atoms with Crippen molar-refractivity contribution in [2.75, 3.05) is 18.6 Å². The minimum absolute atomic E-state index is 0.179. The summed E-state index contributed by atoms with van der Waals surface area (Å²) < 4.78 is 11.5. The van der Waals surface area contributed by atoms with E-state index in [0.717, 1.165) is 4.47 Å². The van der Waals surface area contributed by atoms with Gasteiger partial charge in [0.25, 0.3) is 5.91 Å². The van der Waals surface area contributed by atoms with Gasteiger partial charge in [-0.25, -0.2) is 0 Å². The van der Waals surface area contributed by atoms with E-state index in [1.807, 2.05) is 0 Å². The summed E-state index contributed by atoms with van der Waals surface area (Å²) in [4.78, 5) is 14.2. The van der Waals surface area contributed by atoms with Gasteiger partial charge in [0, 0.05) is 40.0 Å². The van der Waals surface area contributed by atoms with Crippen LogP contribution in [0.25, 0.3) is 0 Å². The first kappa shape index (κ1) is 11.5. The molecule has 1 unspecified atom stereocenters. The summed E-state index contributed by atoms with van der Waals surface area (Å²) in [6.45, 7) is 0.429. The summed E-state index contributed by atoms with van der Waals surface area (Å²) in [5.74, 6) is 0.300. The molecule has 0 fully saturated rings. The Morgan fingerprint density at radius 1 is 1.71 bits per heavy atom. The molecule has 78 valence electrons. The van der Waals surface area contributed by atoms with Crippen LogP contribution in [0.3, 0.4) is 0 Å². The van der Waals surface area contributed by atoms with Crippen molar-refractivity contribution in [3.63, 3.8) is 0 Å². The molecule has 1 rings (SSSR count). The van der Waals surface area contributed by atoms with Crippen LogP contribution in [0, 0.1) is 0 Å². The molecule has 14 heavy (non-hydrogen) atoms. The summed E-state index contributed by atoms with van der Waals surface area (Å²) in [6, 6.07) is 1.69. The van der Waals surface area contributed by atoms with Gasteiger partial charge in [0.05, 0.1) is 0 Å². The molecule has 1 aromatic heterocycles. The van der Waals surface area contributed by atoms with Crippen molar-refractivity contribution in [3.05, 3.63) is 22.4 Å². The SMILES string of the molecule is CS(=O)CCNC(=O)c1cc(Br)c[nH]1. The van der Waals surface area contributed by atoms with E-state index >= 15 is 0 Å². The summed E-state index contributed by atoms with van der Waals surface area (Å²) in [5, 5.41) is 2.66. The molecule has 4 nitrogen and oxygen atoms in total. The Balaban J connectivity index is 2.39. The van der Waals surface area contributed by atoms with E-state index in [0.29, 0.717) is 18.0 Å². The average molecular weight is 279 g/mol. The molecule has 0 saturated carbocycles. The first-order valence-electron chi connectivity index (χ1n) is 4.01. The lowest BCUT2D eigenvalue weighted by Gasteiger charge is -2.00. The lowest BCUT2D eigenvalue weighted by Crippen LogP contribution is -2.27. The monoisotopic (exact) mass is 278 g/mol. The van der Waals surface area contributed by atoms with E-state index < -0.39 is 10.8 Å². The number of aromatic nitrogens is 1. The number of carbonyl (C=O) groups is 1. The van der Waals surface area contributed by atoms with Crippen LogP contribution in [0.15, 0.2) is 16.7 Å². The largest absolute Gasteiger partial charge is 0.356 e. The molecule has 6 heteroatoms. The second-order valence-electron chi connectivity index (χ2n) is 2.76. The van der Waals surface area contributed by atoms with Gasteiger partial charge in [-0.15, -0.1) is 0 Å². The fourth-order valence-corrected chi connectivity index (χ4v) is 1.64. The number of amides is 1. The molecule has 0 saturated heterocycles. The molecule has 1 atom stereocenters. The maximum Gasteiger partial charge on any atom is 0.267 e. The van der Waals surface area contributed by atoms with Gasteiger partial charge in [0.15, 0.2) is 0 Å². The first-order chi connectivity index (χ1) is 6.59. The van der Waals surface area contributed by atoms with Gasteiger partial charge in [0.1, 0.15) is 5.69 Å². The summed E-state index contributed by atoms with van der Waals surface area (Å²) in [5.41, 5.74) is 0.499. The smallest absolute Gasteiger partial charge is 0.267 e. The Hall–Kier alpha value is -0.620. The number of hydrogen-bond donors (Lipinski definition) is 2. The fourth-order valence-electron chi connectivity index (χ4n) is 0.903. The third-order valence-corrected chi connectivity index (χ3v) is 2.80. The predicted molar refractivity (Wildman–Crippen MR) is 59.8 cm³/mol. The van der Waals surface area contributed by atoms with Gasteiger partial charge in [-0.3, -0.25) is 9.00 Å². The number of halogens is 1. The highest BCUT2D eigenvalue weighted by atomic mass is 79.9. The van der Waals surface area contributed by atoms with Gasteiger partial charge < -0.3 is 10.3 Å². The number of hydrogen-bond acceptors (Lipinski definition) is 2. The zero-order valence-corrected chi connectivity index (χ0v) is 10.1. The molecular weight excluding hydrogens is 268 g/mol. The number of aromatic amines is 1. The van der Waals surface area contributed by atoms with Crippen molar-refractivity contribution in [2.24, 2.45) is 0 Å². The maximum atomic E-state index is 11.4. The van der Waals surface area contributed by atoms with Crippen molar-refractivity contribution in [1.82, 2.24) is 10.3 Å². The standard InChI is InChI=1S/C8H11BrN2O2S/c1-14(13)3-2-10-8(12)7-4-6(9)5-11-7/h4-5,11H,2-3H2,1H3,(H,10,12). The second-order valence-corrected chi connectivity index (χ2v) is 5.24. The van der Waals surface area contributed by atoms with E-state index in [1.165, 1.54) is 0 Å². The second kappa shape index (κ2) is 5.31. The number of carbonyl (C=O) groups excluding carboxylic acids is 1. The van der Waals surface area contributed by atoms with Gasteiger partial charge in [0.2, 0.25) is 0 Å². The Bertz CT molecular complexity index is 351. The number of nitrogens with one attached hydrogen (secondary N) is 2. The van der Waals surface area contributed by atoms with Crippen LogP contribution < -0.4 is 5.32 Å². The molecular formula is C8H11BrN2O2S. The van der Waals surface area contributed by atoms with Crippen molar-refractivity contribution in [1.29, 1.82) is 0 Å². The van der Waals surface area contributed by atoms with E-state index in [2.05, 4.69) is 26.2 Å². The zero-order valence-electron chi connectivity index (χ0n) is 7.67. The molecule has 2 N–H and O–H groups in total. The number of rotatable bonds is 4. The maximum absolute atomic E-state index is 11.4. The van der Waals surface area contributed by atoms with Crippen molar-refractivity contribution in [3.8, 4) is 0 Å². The molecule has 0 bridgehead atoms. The normalized spacial score (nSPS) is 12.4. The van der Waals surface area contributed by atoms with Crippen LogP contribution in [0.1, 0.15) is 10.5 Å². The molecule has 0 spiro atoms. The molecule has 0 aliphatic heterocycles. The Morgan fingerprint density at radius 3 is 2.93 bits per heavy atom. The molecule has 1 aromatic rings. The highest BCUT2D eigenvalue weighted by Crippen LogP contribution is 2.09. The topological polar surface area (TPSA) is 62.0 Å². The van der Waals surface area contributed by atoms with Crippen LogP contribution in [0.2, 0.25) is 0 Å². The average Bonchev–Trinajstić information content (AvgIpc) is 2.51. The van der Waals surface area contributed by atoms with Gasteiger partial charge in [-0.2, -0.15) is 0 Å². The van der Waals surface area contributed by atoms with Gasteiger partial charge >= 0.3 is 0 Å². The Morgan fingerprint density at radius 2 is 2.43 bits per heavy atom. The minimum atomic E-state index is -0.867. The zero-order chi connectivity index (χ0) is 10.6. The van der Waals surface area contributed by atoms with Crippen molar-refractivity contribution in [2.45, 2.75) is 0 Å². The van der Waals surface area contributed by atoms with E-state index in [1.54, 1.807) is 18.5 Å². The molecule has 0 radical (unpaired) electrons. The Labute approximate surface area is 93.1 Å². The third-order valence-electron chi connectivity index (χ3n) is 1.57. The van der Waals surface area contributed by atoms with Crippen LogP contribution in [-0.2, 0) is 10.8 Å². The fraction of sp³-hybridized carbons (Fsp3) is 0.375. The third kappa shape index (κ3) is 3.63. The summed E-state index contributed by atoms with van der Waals surface area (Å²) in [6.07, 6.45) is 3.30. The highest BCUT2D eigenvalue weighted by molar-refractivity contribution is 9.10. The predicted octanol–water partition coefficient (Wildman–Crippen LogP) is 0.885. The molecule has 1 heterocycles. The highest BCUT2D eigenvalue weighted by Gasteiger charge is 2.06. The van der Waals surface area contributed by atoms with E-state index in [4.69, 9.17) is 0 Å². The van der Waals surface area contributed by atoms with Crippen LogP contribution in [0.4, 0.5) is 0 Å². The molecule has 1 amide bonds. The quantitative estimate of drug-likeness (QED) is 0.859. The minimum Gasteiger partial charge on any atom is -0.356 e. The lowest BCUT2D eigenvalue weighted by molar-refractivity contribution is 0.0952. The van der Waals surface area contributed by atoms with Gasteiger partial charge in [-0.1, -0.05) is 0 Å². The molecule has 0 aliphatic carbocycles.